The van der Waals surface area contributed by atoms with Crippen molar-refractivity contribution in [3.63, 3.8) is 0 Å². The number of fused-ring (bicyclic) bond motifs is 1. The molecule has 30 heavy (non-hydrogen) atoms. The molecule has 0 atom stereocenters. The van der Waals surface area contributed by atoms with E-state index in [-0.39, 0.29) is 22.7 Å². The number of hydrogen-bond acceptors (Lipinski definition) is 4. The smallest absolute Gasteiger partial charge is 0.243 e. The molecule has 1 N–H and O–H groups in total. The molecular weight excluding hydrogens is 457 g/mol. The van der Waals surface area contributed by atoms with Crippen LogP contribution >= 0.6 is 23.4 Å². The van der Waals surface area contributed by atoms with Gasteiger partial charge >= 0.3 is 6.18 Å². The van der Waals surface area contributed by atoms with Crippen molar-refractivity contribution in [3.8, 4) is 0 Å². The summed E-state index contributed by atoms with van der Waals surface area (Å²) in [5.74, 6) is 0.246. The second kappa shape index (κ2) is 8.74. The molecule has 0 fully saturated rings. The van der Waals surface area contributed by atoms with Crippen molar-refractivity contribution >= 4 is 44.3 Å². The lowest BCUT2D eigenvalue weighted by molar-refractivity contribution is -0.141. The third-order valence-electron chi connectivity index (χ3n) is 4.37. The number of thioether (sulfide) groups is 1. The first kappa shape index (κ1) is 22.9. The molecule has 1 aromatic heterocycles. The maximum absolute atomic E-state index is 13.2. The predicted octanol–water partition coefficient (Wildman–Crippen LogP) is 5.59. The van der Waals surface area contributed by atoms with Crippen molar-refractivity contribution in [2.45, 2.75) is 29.8 Å². The Balaban J connectivity index is 1.76. The number of halogens is 4. The van der Waals surface area contributed by atoms with E-state index in [2.05, 4.69) is 9.71 Å². The minimum Gasteiger partial charge on any atom is -0.243 e. The number of pyridine rings is 1. The number of rotatable bonds is 6. The van der Waals surface area contributed by atoms with Gasteiger partial charge in [-0.05, 0) is 49.2 Å². The monoisotopic (exact) mass is 474 g/mol. The molecule has 0 amide bonds. The summed E-state index contributed by atoms with van der Waals surface area (Å²) in [6.45, 7) is 3.41. The van der Waals surface area contributed by atoms with Crippen LogP contribution in [-0.4, -0.2) is 25.7 Å². The third kappa shape index (κ3) is 5.08. The van der Waals surface area contributed by atoms with Gasteiger partial charge in [-0.2, -0.15) is 13.2 Å². The molecule has 0 saturated carbocycles. The zero-order chi connectivity index (χ0) is 22.1. The van der Waals surface area contributed by atoms with E-state index < -0.39 is 21.9 Å². The molecule has 2 aromatic carbocycles. The van der Waals surface area contributed by atoms with Crippen LogP contribution in [0.25, 0.3) is 10.9 Å². The van der Waals surface area contributed by atoms with Crippen molar-refractivity contribution in [2.24, 2.45) is 0 Å². The van der Waals surface area contributed by atoms with Crippen molar-refractivity contribution in [1.82, 2.24) is 9.71 Å². The lowest BCUT2D eigenvalue weighted by atomic mass is 10.2. The molecule has 0 radical (unpaired) electrons. The quantitative estimate of drug-likeness (QED) is 0.373. The van der Waals surface area contributed by atoms with E-state index in [9.17, 15) is 21.6 Å². The Morgan fingerprint density at radius 1 is 1.10 bits per heavy atom. The Kier molecular flexibility index (Phi) is 6.66. The van der Waals surface area contributed by atoms with Gasteiger partial charge in [0.25, 0.3) is 0 Å². The standard InChI is InChI=1S/C20H18ClF3N2O2S2/c1-12-10-18(13(2)9-15(12)21)30(27,28)25-7-8-29-17-11-19(20(22,23)24)26-16-6-4-3-5-14(16)17/h3-6,9-11,25H,7-8H2,1-2H3. The molecule has 3 rings (SSSR count). The molecule has 0 unspecified atom stereocenters. The molecular formula is C20H18ClF3N2O2S2. The number of nitrogens with zero attached hydrogens (tertiary/aromatic N) is 1. The predicted molar refractivity (Wildman–Crippen MR) is 114 cm³/mol. The van der Waals surface area contributed by atoms with Crippen molar-refractivity contribution < 1.29 is 21.6 Å². The van der Waals surface area contributed by atoms with Crippen molar-refractivity contribution in [3.05, 3.63) is 64.3 Å². The fourth-order valence-corrected chi connectivity index (χ4v) is 5.50. The van der Waals surface area contributed by atoms with Gasteiger partial charge in [0.15, 0.2) is 0 Å². The van der Waals surface area contributed by atoms with Crippen molar-refractivity contribution in [1.29, 1.82) is 0 Å². The molecule has 0 bridgehead atoms. The normalized spacial score (nSPS) is 12.5. The van der Waals surface area contributed by atoms with Gasteiger partial charge in [-0.1, -0.05) is 29.8 Å². The summed E-state index contributed by atoms with van der Waals surface area (Å²) in [5.41, 5.74) is 0.417. The highest BCUT2D eigenvalue weighted by atomic mass is 35.5. The highest BCUT2D eigenvalue weighted by Crippen LogP contribution is 2.34. The second-order valence-electron chi connectivity index (χ2n) is 6.63. The van der Waals surface area contributed by atoms with Crippen LogP contribution in [0.3, 0.4) is 0 Å². The maximum Gasteiger partial charge on any atom is 0.433 e. The molecule has 0 spiro atoms. The minimum absolute atomic E-state index is 0.0477. The number of para-hydroxylation sites is 1. The molecule has 4 nitrogen and oxygen atoms in total. The summed E-state index contributed by atoms with van der Waals surface area (Å²) >= 11 is 7.16. The summed E-state index contributed by atoms with van der Waals surface area (Å²) in [7, 11) is -3.77. The summed E-state index contributed by atoms with van der Waals surface area (Å²) in [5, 5.41) is 1.06. The van der Waals surface area contributed by atoms with Gasteiger partial charge < -0.3 is 0 Å². The van der Waals surface area contributed by atoms with Gasteiger partial charge in [0.05, 0.1) is 10.4 Å². The number of alkyl halides is 3. The Hall–Kier alpha value is -1.81. The summed E-state index contributed by atoms with van der Waals surface area (Å²) in [6, 6.07) is 10.6. The minimum atomic E-state index is -4.56. The Bertz CT molecular complexity index is 1200. The molecule has 0 aliphatic heterocycles. The Labute approximate surface area is 181 Å². The SMILES string of the molecule is Cc1cc(S(=O)(=O)NCCSc2cc(C(F)(F)F)nc3ccccc23)c(C)cc1Cl. The first-order valence-electron chi connectivity index (χ1n) is 8.85. The van der Waals surface area contributed by atoms with E-state index in [4.69, 9.17) is 11.6 Å². The lowest BCUT2D eigenvalue weighted by Crippen LogP contribution is -2.26. The molecule has 160 valence electrons. The topological polar surface area (TPSA) is 59.1 Å². The second-order valence-corrected chi connectivity index (χ2v) is 9.91. The van der Waals surface area contributed by atoms with E-state index in [1.165, 1.54) is 12.1 Å². The molecule has 3 aromatic rings. The molecule has 0 aliphatic carbocycles. The zero-order valence-electron chi connectivity index (χ0n) is 16.0. The first-order chi connectivity index (χ1) is 14.0. The largest absolute Gasteiger partial charge is 0.433 e. The maximum atomic E-state index is 13.2. The molecule has 0 aliphatic rings. The Morgan fingerprint density at radius 2 is 1.80 bits per heavy atom. The fourth-order valence-electron chi connectivity index (χ4n) is 2.87. The van der Waals surface area contributed by atoms with Gasteiger partial charge in [-0.15, -0.1) is 11.8 Å². The third-order valence-corrected chi connectivity index (χ3v) is 7.43. The first-order valence-corrected chi connectivity index (χ1v) is 11.7. The number of aryl methyl sites for hydroxylation is 2. The molecule has 1 heterocycles. The highest BCUT2D eigenvalue weighted by molar-refractivity contribution is 7.99. The van der Waals surface area contributed by atoms with Gasteiger partial charge in [0, 0.05) is 27.6 Å². The summed E-state index contributed by atoms with van der Waals surface area (Å²) < 4.78 is 67.2. The van der Waals surface area contributed by atoms with E-state index in [1.54, 1.807) is 38.1 Å². The fraction of sp³-hybridized carbons (Fsp3) is 0.250. The average molecular weight is 475 g/mol. The van der Waals surface area contributed by atoms with Crippen LogP contribution in [0, 0.1) is 13.8 Å². The zero-order valence-corrected chi connectivity index (χ0v) is 18.4. The number of nitrogens with one attached hydrogen (secondary N) is 1. The molecule has 0 saturated heterocycles. The van der Waals surface area contributed by atoms with E-state index in [0.29, 0.717) is 26.4 Å². The van der Waals surface area contributed by atoms with Crippen LogP contribution in [0.15, 0.2) is 52.3 Å². The van der Waals surface area contributed by atoms with Crippen molar-refractivity contribution in [2.75, 3.05) is 12.3 Å². The van der Waals surface area contributed by atoms with Crippen LogP contribution in [-0.2, 0) is 16.2 Å². The van der Waals surface area contributed by atoms with Gasteiger partial charge in [-0.3, -0.25) is 0 Å². The molecule has 10 heteroatoms. The van der Waals surface area contributed by atoms with Crippen LogP contribution in [0.1, 0.15) is 16.8 Å². The number of hydrogen-bond donors (Lipinski definition) is 1. The van der Waals surface area contributed by atoms with Gasteiger partial charge in [-0.25, -0.2) is 18.1 Å². The van der Waals surface area contributed by atoms with Crippen LogP contribution in [0.5, 0.6) is 0 Å². The number of benzene rings is 2. The number of aromatic nitrogens is 1. The number of sulfonamides is 1. The Morgan fingerprint density at radius 3 is 2.50 bits per heavy atom. The van der Waals surface area contributed by atoms with E-state index >= 15 is 0 Å². The van der Waals surface area contributed by atoms with Crippen LogP contribution < -0.4 is 4.72 Å². The van der Waals surface area contributed by atoms with E-state index in [1.807, 2.05) is 0 Å². The summed E-state index contributed by atoms with van der Waals surface area (Å²) in [6.07, 6.45) is -4.56. The lowest BCUT2D eigenvalue weighted by Gasteiger charge is -2.13. The van der Waals surface area contributed by atoms with E-state index in [0.717, 1.165) is 17.8 Å². The van der Waals surface area contributed by atoms with Crippen LogP contribution in [0.2, 0.25) is 5.02 Å². The van der Waals surface area contributed by atoms with Gasteiger partial charge in [0.1, 0.15) is 5.69 Å². The summed E-state index contributed by atoms with van der Waals surface area (Å²) in [4.78, 5) is 4.20. The highest BCUT2D eigenvalue weighted by Gasteiger charge is 2.33. The average Bonchev–Trinajstić information content (AvgIpc) is 2.67. The van der Waals surface area contributed by atoms with Gasteiger partial charge in [0.2, 0.25) is 10.0 Å². The van der Waals surface area contributed by atoms with Crippen LogP contribution in [0.4, 0.5) is 13.2 Å².